The van der Waals surface area contributed by atoms with Crippen LogP contribution in [0.2, 0.25) is 0 Å². The summed E-state index contributed by atoms with van der Waals surface area (Å²) in [7, 11) is 3.15. The van der Waals surface area contributed by atoms with Crippen LogP contribution in [0.15, 0.2) is 18.3 Å². The lowest BCUT2D eigenvalue weighted by molar-refractivity contribution is -0.142. The largest absolute Gasteiger partial charge is 0.493 e. The molecule has 2 N–H and O–H groups in total. The van der Waals surface area contributed by atoms with Crippen LogP contribution in [-0.2, 0) is 4.79 Å². The number of ether oxygens (including phenoxy) is 2. The van der Waals surface area contributed by atoms with Crippen molar-refractivity contribution < 1.29 is 19.5 Å². The van der Waals surface area contributed by atoms with Crippen LogP contribution in [0.4, 0.5) is 5.69 Å². The molecule has 8 nitrogen and oxygen atoms in total. The highest BCUT2D eigenvalue weighted by Gasteiger charge is 2.54. The number of nitrogens with zero attached hydrogens (tertiary/aromatic N) is 3. The van der Waals surface area contributed by atoms with Crippen LogP contribution in [0.1, 0.15) is 18.4 Å². The van der Waals surface area contributed by atoms with E-state index >= 15 is 0 Å². The Morgan fingerprint density at radius 2 is 2.00 bits per heavy atom. The van der Waals surface area contributed by atoms with Gasteiger partial charge in [-0.25, -0.2) is 5.48 Å². The number of aromatic nitrogens is 1. The van der Waals surface area contributed by atoms with E-state index in [1.807, 2.05) is 6.07 Å². The Morgan fingerprint density at radius 3 is 2.59 bits per heavy atom. The zero-order valence-electron chi connectivity index (χ0n) is 15.2. The lowest BCUT2D eigenvalue weighted by Gasteiger charge is -2.59. The minimum atomic E-state index is -0.317. The third kappa shape index (κ3) is 2.62. The van der Waals surface area contributed by atoms with Gasteiger partial charge in [0.1, 0.15) is 6.07 Å². The van der Waals surface area contributed by atoms with Crippen LogP contribution in [0, 0.1) is 22.7 Å². The summed E-state index contributed by atoms with van der Waals surface area (Å²) in [5.41, 5.74) is 3.89. The molecule has 8 heteroatoms. The van der Waals surface area contributed by atoms with Gasteiger partial charge in [0.2, 0.25) is 5.91 Å². The lowest BCUT2D eigenvalue weighted by Crippen LogP contribution is -2.64. The van der Waals surface area contributed by atoms with Gasteiger partial charge in [0.25, 0.3) is 0 Å². The quantitative estimate of drug-likeness (QED) is 0.626. The number of hydroxylamine groups is 1. The van der Waals surface area contributed by atoms with Crippen molar-refractivity contribution >= 4 is 22.5 Å². The highest BCUT2D eigenvalue weighted by atomic mass is 16.5. The fourth-order valence-corrected chi connectivity index (χ4v) is 4.37. The molecule has 1 aromatic heterocycles. The number of hydrogen-bond acceptors (Lipinski definition) is 7. The SMILES string of the molecule is COc1cc2ncc(C#N)c(N3CC4(CC(C(=O)NO)C4)C3)c2cc1OC. The summed E-state index contributed by atoms with van der Waals surface area (Å²) in [6.45, 7) is 1.54. The van der Waals surface area contributed by atoms with E-state index in [-0.39, 0.29) is 17.2 Å². The molecule has 2 fully saturated rings. The van der Waals surface area contributed by atoms with Gasteiger partial charge in [-0.05, 0) is 18.9 Å². The summed E-state index contributed by atoms with van der Waals surface area (Å²) in [4.78, 5) is 18.1. The average molecular weight is 368 g/mol. The van der Waals surface area contributed by atoms with Gasteiger partial charge in [0, 0.05) is 42.1 Å². The molecule has 0 radical (unpaired) electrons. The minimum absolute atomic E-state index is 0.0794. The van der Waals surface area contributed by atoms with Crippen molar-refractivity contribution in [1.82, 2.24) is 10.5 Å². The number of carbonyl (C=O) groups is 1. The molecule has 4 rings (SSSR count). The summed E-state index contributed by atoms with van der Waals surface area (Å²) in [5, 5.41) is 19.2. The van der Waals surface area contributed by atoms with E-state index in [2.05, 4.69) is 16.0 Å². The number of pyridine rings is 1. The fraction of sp³-hybridized carbons (Fsp3) is 0.421. The second-order valence-electron chi connectivity index (χ2n) is 7.29. The highest BCUT2D eigenvalue weighted by Crippen LogP contribution is 2.54. The number of nitriles is 1. The highest BCUT2D eigenvalue weighted by molar-refractivity contribution is 5.97. The Kier molecular flexibility index (Phi) is 4.04. The van der Waals surface area contributed by atoms with Crippen molar-refractivity contribution in [2.24, 2.45) is 11.3 Å². The van der Waals surface area contributed by atoms with E-state index in [4.69, 9.17) is 14.7 Å². The number of fused-ring (bicyclic) bond motifs is 1. The molecule has 1 spiro atoms. The normalized spacial score (nSPS) is 17.8. The molecule has 1 aliphatic heterocycles. The first kappa shape index (κ1) is 17.4. The minimum Gasteiger partial charge on any atom is -0.493 e. The number of rotatable bonds is 4. The van der Waals surface area contributed by atoms with E-state index in [1.54, 1.807) is 32.0 Å². The first-order chi connectivity index (χ1) is 13.0. The topological polar surface area (TPSA) is 108 Å². The van der Waals surface area contributed by atoms with Crippen LogP contribution < -0.4 is 19.9 Å². The monoisotopic (exact) mass is 368 g/mol. The molecular formula is C19H20N4O4. The van der Waals surface area contributed by atoms with Gasteiger partial charge in [-0.15, -0.1) is 0 Å². The number of benzene rings is 1. The van der Waals surface area contributed by atoms with Crippen molar-refractivity contribution in [3.63, 3.8) is 0 Å². The van der Waals surface area contributed by atoms with Gasteiger partial charge in [0.15, 0.2) is 11.5 Å². The van der Waals surface area contributed by atoms with Crippen molar-refractivity contribution in [1.29, 1.82) is 5.26 Å². The van der Waals surface area contributed by atoms with Crippen LogP contribution in [0.3, 0.4) is 0 Å². The van der Waals surface area contributed by atoms with Crippen LogP contribution in [0.5, 0.6) is 11.5 Å². The van der Waals surface area contributed by atoms with Gasteiger partial charge < -0.3 is 14.4 Å². The summed E-state index contributed by atoms with van der Waals surface area (Å²) < 4.78 is 10.8. The molecule has 1 amide bonds. The standard InChI is InChI=1S/C19H20N4O4/c1-26-15-3-13-14(4-16(15)27-2)21-8-12(7-20)17(13)23-9-19(10-23)5-11(6-19)18(24)22-25/h3-4,8,11,25H,5-6,9-10H2,1-2H3,(H,22,24). The molecule has 1 aliphatic carbocycles. The molecule has 1 saturated carbocycles. The number of amides is 1. The van der Waals surface area contributed by atoms with Crippen LogP contribution in [-0.4, -0.2) is 43.4 Å². The Bertz CT molecular complexity index is 954. The molecule has 2 aromatic rings. The molecule has 27 heavy (non-hydrogen) atoms. The second-order valence-corrected chi connectivity index (χ2v) is 7.29. The summed E-state index contributed by atoms with van der Waals surface area (Å²) >= 11 is 0. The van der Waals surface area contributed by atoms with Gasteiger partial charge >= 0.3 is 0 Å². The van der Waals surface area contributed by atoms with E-state index < -0.39 is 0 Å². The van der Waals surface area contributed by atoms with Gasteiger partial charge in [-0.1, -0.05) is 0 Å². The van der Waals surface area contributed by atoms with Crippen LogP contribution >= 0.6 is 0 Å². The number of hydrogen-bond donors (Lipinski definition) is 2. The van der Waals surface area contributed by atoms with Gasteiger partial charge in [-0.3, -0.25) is 15.0 Å². The number of carbonyl (C=O) groups excluding carboxylic acids is 1. The maximum Gasteiger partial charge on any atom is 0.246 e. The predicted molar refractivity (Wildman–Crippen MR) is 96.9 cm³/mol. The maximum absolute atomic E-state index is 11.5. The Labute approximate surface area is 156 Å². The van der Waals surface area contributed by atoms with Crippen LogP contribution in [0.25, 0.3) is 10.9 Å². The molecule has 0 unspecified atom stereocenters. The van der Waals surface area contributed by atoms with E-state index in [9.17, 15) is 10.1 Å². The summed E-state index contributed by atoms with van der Waals surface area (Å²) in [6, 6.07) is 5.89. The molecule has 1 saturated heterocycles. The van der Waals surface area contributed by atoms with Gasteiger partial charge in [0.05, 0.1) is 31.0 Å². The lowest BCUT2D eigenvalue weighted by atomic mass is 9.57. The number of anilines is 1. The Balaban J connectivity index is 1.66. The second kappa shape index (κ2) is 6.28. The first-order valence-corrected chi connectivity index (χ1v) is 8.68. The molecule has 1 aromatic carbocycles. The molecular weight excluding hydrogens is 348 g/mol. The Hall–Kier alpha value is -3.05. The molecule has 0 bridgehead atoms. The fourth-order valence-electron chi connectivity index (χ4n) is 4.37. The van der Waals surface area contributed by atoms with Crippen molar-refractivity contribution in [3.05, 3.63) is 23.9 Å². The molecule has 0 atom stereocenters. The summed E-state index contributed by atoms with van der Waals surface area (Å²) in [5.74, 6) is 0.723. The van der Waals surface area contributed by atoms with E-state index in [0.29, 0.717) is 17.1 Å². The van der Waals surface area contributed by atoms with E-state index in [1.165, 1.54) is 0 Å². The van der Waals surface area contributed by atoms with Crippen molar-refractivity contribution in [2.75, 3.05) is 32.2 Å². The third-order valence-electron chi connectivity index (χ3n) is 5.67. The van der Waals surface area contributed by atoms with E-state index in [0.717, 1.165) is 42.5 Å². The predicted octanol–water partition coefficient (Wildman–Crippen LogP) is 1.85. The average Bonchev–Trinajstić information content (AvgIpc) is 2.63. The zero-order valence-corrected chi connectivity index (χ0v) is 15.2. The zero-order chi connectivity index (χ0) is 19.2. The summed E-state index contributed by atoms with van der Waals surface area (Å²) in [6.07, 6.45) is 3.08. The molecule has 140 valence electrons. The molecule has 2 aliphatic rings. The smallest absolute Gasteiger partial charge is 0.246 e. The van der Waals surface area contributed by atoms with Crippen molar-refractivity contribution in [2.45, 2.75) is 12.8 Å². The number of nitrogens with one attached hydrogen (secondary N) is 1. The maximum atomic E-state index is 11.5. The number of methoxy groups -OCH3 is 2. The third-order valence-corrected chi connectivity index (χ3v) is 5.67. The van der Waals surface area contributed by atoms with Gasteiger partial charge in [-0.2, -0.15) is 5.26 Å². The van der Waals surface area contributed by atoms with Crippen molar-refractivity contribution in [3.8, 4) is 17.6 Å². The Morgan fingerprint density at radius 1 is 1.33 bits per heavy atom. The first-order valence-electron chi connectivity index (χ1n) is 8.68. The molecule has 2 heterocycles.